The van der Waals surface area contributed by atoms with E-state index in [0.717, 1.165) is 6.04 Å². The molecule has 0 radical (unpaired) electrons. The average molecular weight is 240 g/mol. The summed E-state index contributed by atoms with van der Waals surface area (Å²) in [6.07, 6.45) is 2.66. The maximum Gasteiger partial charge on any atom is 0.0232 e. The van der Waals surface area contributed by atoms with E-state index in [0.29, 0.717) is 0 Å². The number of rotatable bonds is 5. The normalized spacial score (nSPS) is 28.1. The van der Waals surface area contributed by atoms with Crippen molar-refractivity contribution in [1.82, 2.24) is 20.0 Å². The van der Waals surface area contributed by atoms with Gasteiger partial charge >= 0.3 is 0 Å². The minimum atomic E-state index is 0.794. The van der Waals surface area contributed by atoms with Crippen molar-refractivity contribution in [3.8, 4) is 0 Å². The van der Waals surface area contributed by atoms with Gasteiger partial charge in [0, 0.05) is 38.8 Å². The van der Waals surface area contributed by atoms with Gasteiger partial charge in [-0.3, -0.25) is 0 Å². The zero-order valence-corrected chi connectivity index (χ0v) is 11.5. The molecule has 17 heavy (non-hydrogen) atoms. The third-order valence-corrected chi connectivity index (χ3v) is 4.18. The molecule has 0 aromatic rings. The maximum absolute atomic E-state index is 3.41. The van der Waals surface area contributed by atoms with Gasteiger partial charge in [0.2, 0.25) is 0 Å². The van der Waals surface area contributed by atoms with E-state index in [-0.39, 0.29) is 0 Å². The summed E-state index contributed by atoms with van der Waals surface area (Å²) in [5.41, 5.74) is 0. The monoisotopic (exact) mass is 240 g/mol. The quantitative estimate of drug-likeness (QED) is 0.725. The Morgan fingerprint density at radius 1 is 1.24 bits per heavy atom. The van der Waals surface area contributed by atoms with Crippen LogP contribution in [-0.4, -0.2) is 87.2 Å². The predicted molar refractivity (Wildman–Crippen MR) is 72.5 cm³/mol. The van der Waals surface area contributed by atoms with Crippen LogP contribution < -0.4 is 5.32 Å². The Morgan fingerprint density at radius 2 is 2.00 bits per heavy atom. The van der Waals surface area contributed by atoms with E-state index < -0.39 is 0 Å². The third kappa shape index (κ3) is 4.21. The first-order valence-electron chi connectivity index (χ1n) is 7.07. The van der Waals surface area contributed by atoms with Crippen molar-refractivity contribution in [3.05, 3.63) is 0 Å². The van der Waals surface area contributed by atoms with Gasteiger partial charge in [-0.15, -0.1) is 0 Å². The molecule has 4 heteroatoms. The fourth-order valence-corrected chi connectivity index (χ4v) is 2.93. The Bertz CT molecular complexity index is 215. The van der Waals surface area contributed by atoms with Gasteiger partial charge < -0.3 is 20.0 Å². The molecule has 0 aromatic heterocycles. The van der Waals surface area contributed by atoms with E-state index in [4.69, 9.17) is 0 Å². The van der Waals surface area contributed by atoms with Crippen LogP contribution in [-0.2, 0) is 0 Å². The van der Waals surface area contributed by atoms with Crippen LogP contribution in [0.1, 0.15) is 12.8 Å². The van der Waals surface area contributed by atoms with Gasteiger partial charge in [-0.1, -0.05) is 0 Å². The lowest BCUT2D eigenvalue weighted by atomic mass is 10.2. The molecule has 0 bridgehead atoms. The molecule has 2 fully saturated rings. The second-order valence-corrected chi connectivity index (χ2v) is 5.63. The maximum atomic E-state index is 3.41. The first-order valence-corrected chi connectivity index (χ1v) is 7.07. The standard InChI is InChI=1S/C13H28N4/c1-15-9-4-13(12-15)16(2)7-3-8-17-10-5-14-6-11-17/h13-14H,3-12H2,1-2H3. The molecule has 2 aliphatic heterocycles. The summed E-state index contributed by atoms with van der Waals surface area (Å²) in [4.78, 5) is 7.59. The Morgan fingerprint density at radius 3 is 2.65 bits per heavy atom. The molecule has 2 heterocycles. The smallest absolute Gasteiger partial charge is 0.0232 e. The first-order chi connectivity index (χ1) is 8.25. The van der Waals surface area contributed by atoms with Crippen LogP contribution in [0.2, 0.25) is 0 Å². The highest BCUT2D eigenvalue weighted by molar-refractivity contribution is 4.80. The van der Waals surface area contributed by atoms with Crippen LogP contribution in [0, 0.1) is 0 Å². The summed E-state index contributed by atoms with van der Waals surface area (Å²) in [5, 5.41) is 3.41. The SMILES string of the molecule is CN1CCC(N(C)CCCN2CCNCC2)C1. The van der Waals surface area contributed by atoms with Crippen molar-refractivity contribution < 1.29 is 0 Å². The van der Waals surface area contributed by atoms with Crippen LogP contribution in [0.15, 0.2) is 0 Å². The van der Waals surface area contributed by atoms with Crippen molar-refractivity contribution in [1.29, 1.82) is 0 Å². The minimum Gasteiger partial charge on any atom is -0.314 e. The fourth-order valence-electron chi connectivity index (χ4n) is 2.93. The van der Waals surface area contributed by atoms with Crippen LogP contribution in [0.25, 0.3) is 0 Å². The Labute approximate surface area is 106 Å². The van der Waals surface area contributed by atoms with Gasteiger partial charge in [0.1, 0.15) is 0 Å². The lowest BCUT2D eigenvalue weighted by molar-refractivity contribution is 0.200. The fraction of sp³-hybridized carbons (Fsp3) is 1.00. The minimum absolute atomic E-state index is 0.794. The molecule has 0 aromatic carbocycles. The number of nitrogens with zero attached hydrogens (tertiary/aromatic N) is 3. The van der Waals surface area contributed by atoms with Gasteiger partial charge in [0.05, 0.1) is 0 Å². The predicted octanol–water partition coefficient (Wildman–Crippen LogP) is -0.0824. The van der Waals surface area contributed by atoms with E-state index in [1.165, 1.54) is 65.2 Å². The highest BCUT2D eigenvalue weighted by Crippen LogP contribution is 2.12. The topological polar surface area (TPSA) is 21.8 Å². The van der Waals surface area contributed by atoms with Crippen molar-refractivity contribution in [2.75, 3.05) is 66.5 Å². The van der Waals surface area contributed by atoms with Gasteiger partial charge in [-0.25, -0.2) is 0 Å². The number of hydrogen-bond acceptors (Lipinski definition) is 4. The lowest BCUT2D eigenvalue weighted by Gasteiger charge is -2.29. The molecular formula is C13H28N4. The van der Waals surface area contributed by atoms with Gasteiger partial charge in [-0.05, 0) is 46.6 Å². The molecule has 0 aliphatic carbocycles. The number of likely N-dealkylation sites (N-methyl/N-ethyl adjacent to an activating group) is 2. The summed E-state index contributed by atoms with van der Waals surface area (Å²) >= 11 is 0. The number of nitrogens with one attached hydrogen (secondary N) is 1. The van der Waals surface area contributed by atoms with E-state index in [1.54, 1.807) is 0 Å². The Balaban J connectivity index is 1.57. The van der Waals surface area contributed by atoms with E-state index in [2.05, 4.69) is 34.1 Å². The summed E-state index contributed by atoms with van der Waals surface area (Å²) in [6.45, 7) is 9.85. The van der Waals surface area contributed by atoms with Crippen molar-refractivity contribution >= 4 is 0 Å². The molecule has 0 saturated carbocycles. The zero-order chi connectivity index (χ0) is 12.1. The van der Waals surface area contributed by atoms with Crippen molar-refractivity contribution in [2.45, 2.75) is 18.9 Å². The summed E-state index contributed by atoms with van der Waals surface area (Å²) < 4.78 is 0. The summed E-state index contributed by atoms with van der Waals surface area (Å²) in [7, 11) is 4.52. The second kappa shape index (κ2) is 6.69. The molecule has 0 spiro atoms. The van der Waals surface area contributed by atoms with Crippen LogP contribution >= 0.6 is 0 Å². The van der Waals surface area contributed by atoms with Gasteiger partial charge in [-0.2, -0.15) is 0 Å². The third-order valence-electron chi connectivity index (χ3n) is 4.18. The molecule has 1 atom stereocenters. The highest BCUT2D eigenvalue weighted by atomic mass is 15.2. The van der Waals surface area contributed by atoms with Gasteiger partial charge in [0.25, 0.3) is 0 Å². The van der Waals surface area contributed by atoms with E-state index >= 15 is 0 Å². The molecule has 1 N–H and O–H groups in total. The van der Waals surface area contributed by atoms with E-state index in [9.17, 15) is 0 Å². The first kappa shape index (κ1) is 13.3. The molecule has 4 nitrogen and oxygen atoms in total. The summed E-state index contributed by atoms with van der Waals surface area (Å²) in [5.74, 6) is 0. The largest absolute Gasteiger partial charge is 0.314 e. The molecule has 2 saturated heterocycles. The number of likely N-dealkylation sites (tertiary alicyclic amines) is 1. The second-order valence-electron chi connectivity index (χ2n) is 5.63. The van der Waals surface area contributed by atoms with Gasteiger partial charge in [0.15, 0.2) is 0 Å². The Hall–Kier alpha value is -0.160. The molecule has 100 valence electrons. The molecule has 1 unspecified atom stereocenters. The lowest BCUT2D eigenvalue weighted by Crippen LogP contribution is -2.44. The zero-order valence-electron chi connectivity index (χ0n) is 11.5. The van der Waals surface area contributed by atoms with Crippen molar-refractivity contribution in [2.24, 2.45) is 0 Å². The van der Waals surface area contributed by atoms with E-state index in [1.807, 2.05) is 0 Å². The van der Waals surface area contributed by atoms with Crippen LogP contribution in [0.4, 0.5) is 0 Å². The van der Waals surface area contributed by atoms with Crippen LogP contribution in [0.5, 0.6) is 0 Å². The molecular weight excluding hydrogens is 212 g/mol. The Kier molecular flexibility index (Phi) is 5.22. The molecule has 2 rings (SSSR count). The number of piperazine rings is 1. The average Bonchev–Trinajstić information content (AvgIpc) is 2.77. The highest BCUT2D eigenvalue weighted by Gasteiger charge is 2.22. The van der Waals surface area contributed by atoms with Crippen molar-refractivity contribution in [3.63, 3.8) is 0 Å². The number of hydrogen-bond donors (Lipinski definition) is 1. The van der Waals surface area contributed by atoms with Crippen LogP contribution in [0.3, 0.4) is 0 Å². The molecule has 2 aliphatic rings. The summed E-state index contributed by atoms with van der Waals surface area (Å²) in [6, 6.07) is 0.794. The molecule has 0 amide bonds.